The molecule has 102 valence electrons. The molecule has 0 fully saturated rings. The highest BCUT2D eigenvalue weighted by atomic mass is 32.1. The largest absolute Gasteiger partial charge is 0.333 e. The Morgan fingerprint density at radius 3 is 3.05 bits per heavy atom. The number of fused-ring (bicyclic) bond motifs is 1. The maximum Gasteiger partial charge on any atom is 0.268 e. The summed E-state index contributed by atoms with van der Waals surface area (Å²) in [4.78, 5) is 7.05. The Balaban J connectivity index is 1.84. The first-order valence-corrected chi connectivity index (χ1v) is 7.74. The van der Waals surface area contributed by atoms with Crippen molar-refractivity contribution in [3.8, 4) is 10.8 Å². The summed E-state index contributed by atoms with van der Waals surface area (Å²) in [5, 5.41) is 4.00. The van der Waals surface area contributed by atoms with E-state index in [9.17, 15) is 0 Å². The van der Waals surface area contributed by atoms with Crippen LogP contribution >= 0.6 is 11.3 Å². The third-order valence-electron chi connectivity index (χ3n) is 3.43. The third kappa shape index (κ3) is 2.87. The first-order valence-electron chi connectivity index (χ1n) is 6.92. The lowest BCUT2D eigenvalue weighted by Crippen LogP contribution is -2.18. The van der Waals surface area contributed by atoms with Crippen molar-refractivity contribution in [1.29, 1.82) is 0 Å². The fraction of sp³-hybridized carbons (Fsp3) is 0.571. The lowest BCUT2D eigenvalue weighted by atomic mass is 10.1. The second-order valence-corrected chi connectivity index (χ2v) is 6.45. The first kappa shape index (κ1) is 12.8. The Hall–Kier alpha value is -1.20. The summed E-state index contributed by atoms with van der Waals surface area (Å²) in [5.74, 6) is 1.35. The maximum absolute atomic E-state index is 5.75. The molecule has 0 aromatic carbocycles. The number of hydrogen-bond donors (Lipinski definition) is 1. The molecular weight excluding hydrogens is 258 g/mol. The number of aromatic nitrogens is 2. The Labute approximate surface area is 117 Å². The minimum atomic E-state index is 0.0607. The number of nitrogens with two attached hydrogens (primary N) is 1. The van der Waals surface area contributed by atoms with Gasteiger partial charge in [0.25, 0.3) is 5.89 Å². The number of nitrogens with zero attached hydrogens (tertiary/aromatic N) is 2. The van der Waals surface area contributed by atoms with Crippen molar-refractivity contribution in [2.75, 3.05) is 0 Å². The van der Waals surface area contributed by atoms with Crippen LogP contribution in [0.5, 0.6) is 0 Å². The average Bonchev–Trinajstić information content (AvgIpc) is 2.91. The molecular formula is C14H19N3OS. The van der Waals surface area contributed by atoms with E-state index >= 15 is 0 Å². The molecule has 1 aliphatic carbocycles. The summed E-state index contributed by atoms with van der Waals surface area (Å²) in [6.45, 7) is 1.95. The second-order valence-electron chi connectivity index (χ2n) is 5.32. The zero-order valence-electron chi connectivity index (χ0n) is 11.2. The summed E-state index contributed by atoms with van der Waals surface area (Å²) in [6, 6.07) is 2.29. The molecule has 1 atom stereocenters. The number of rotatable bonds is 3. The van der Waals surface area contributed by atoms with Gasteiger partial charge in [0.05, 0.1) is 4.88 Å². The zero-order valence-corrected chi connectivity index (χ0v) is 12.0. The highest BCUT2D eigenvalue weighted by Gasteiger charge is 2.17. The second kappa shape index (κ2) is 5.43. The lowest BCUT2D eigenvalue weighted by molar-refractivity contribution is 0.421. The Morgan fingerprint density at radius 2 is 2.21 bits per heavy atom. The van der Waals surface area contributed by atoms with Gasteiger partial charge in [0, 0.05) is 17.3 Å². The molecule has 1 aliphatic rings. The number of aryl methyl sites for hydroxylation is 2. The smallest absolute Gasteiger partial charge is 0.268 e. The van der Waals surface area contributed by atoms with E-state index in [1.54, 1.807) is 11.3 Å². The molecule has 0 amide bonds. The monoisotopic (exact) mass is 277 g/mol. The standard InChI is InChI=1S/C14H19N3OS/c1-9(15)7-13-16-14(18-17-13)12-8-10-5-3-2-4-6-11(10)19-12/h8-9H,2-7,15H2,1H3. The number of thiophene rings is 1. The summed E-state index contributed by atoms with van der Waals surface area (Å²) in [5.41, 5.74) is 7.23. The molecule has 0 spiro atoms. The van der Waals surface area contributed by atoms with Crippen LogP contribution in [0.15, 0.2) is 10.6 Å². The van der Waals surface area contributed by atoms with Crippen molar-refractivity contribution in [2.24, 2.45) is 5.73 Å². The summed E-state index contributed by atoms with van der Waals surface area (Å²) in [6.07, 6.45) is 6.98. The molecule has 19 heavy (non-hydrogen) atoms. The van der Waals surface area contributed by atoms with Crippen LogP contribution in [-0.4, -0.2) is 16.2 Å². The Kier molecular flexibility index (Phi) is 3.66. The van der Waals surface area contributed by atoms with Gasteiger partial charge < -0.3 is 10.3 Å². The Morgan fingerprint density at radius 1 is 1.37 bits per heavy atom. The molecule has 0 bridgehead atoms. The van der Waals surface area contributed by atoms with Crippen LogP contribution in [-0.2, 0) is 19.3 Å². The van der Waals surface area contributed by atoms with E-state index in [0.29, 0.717) is 18.1 Å². The van der Waals surface area contributed by atoms with E-state index in [-0.39, 0.29) is 6.04 Å². The fourth-order valence-corrected chi connectivity index (χ4v) is 3.67. The van der Waals surface area contributed by atoms with Crippen LogP contribution in [0.2, 0.25) is 0 Å². The fourth-order valence-electron chi connectivity index (χ4n) is 2.50. The number of hydrogen-bond acceptors (Lipinski definition) is 5. The predicted molar refractivity (Wildman–Crippen MR) is 76.2 cm³/mol. The molecule has 0 saturated heterocycles. The van der Waals surface area contributed by atoms with Crippen molar-refractivity contribution in [1.82, 2.24) is 10.1 Å². The molecule has 2 aromatic heterocycles. The van der Waals surface area contributed by atoms with Gasteiger partial charge in [0.1, 0.15) is 0 Å². The quantitative estimate of drug-likeness (QED) is 0.876. The molecule has 4 nitrogen and oxygen atoms in total. The summed E-state index contributed by atoms with van der Waals surface area (Å²) < 4.78 is 5.35. The van der Waals surface area contributed by atoms with E-state index in [1.165, 1.54) is 42.5 Å². The van der Waals surface area contributed by atoms with Crippen molar-refractivity contribution in [3.63, 3.8) is 0 Å². The Bertz CT molecular complexity index is 535. The minimum Gasteiger partial charge on any atom is -0.333 e. The van der Waals surface area contributed by atoms with Gasteiger partial charge in [-0.15, -0.1) is 11.3 Å². The van der Waals surface area contributed by atoms with Crippen LogP contribution in [0.4, 0.5) is 0 Å². The summed E-state index contributed by atoms with van der Waals surface area (Å²) >= 11 is 1.81. The van der Waals surface area contributed by atoms with Crippen LogP contribution in [0, 0.1) is 0 Å². The van der Waals surface area contributed by atoms with E-state index in [2.05, 4.69) is 16.2 Å². The van der Waals surface area contributed by atoms with Crippen molar-refractivity contribution in [3.05, 3.63) is 22.3 Å². The zero-order chi connectivity index (χ0) is 13.2. The molecule has 3 rings (SSSR count). The molecule has 0 saturated carbocycles. The van der Waals surface area contributed by atoms with Gasteiger partial charge >= 0.3 is 0 Å². The topological polar surface area (TPSA) is 64.9 Å². The maximum atomic E-state index is 5.75. The minimum absolute atomic E-state index is 0.0607. The molecule has 5 heteroatoms. The molecule has 0 radical (unpaired) electrons. The van der Waals surface area contributed by atoms with E-state index < -0.39 is 0 Å². The van der Waals surface area contributed by atoms with Gasteiger partial charge in [-0.1, -0.05) is 11.6 Å². The van der Waals surface area contributed by atoms with E-state index in [1.807, 2.05) is 6.92 Å². The third-order valence-corrected chi connectivity index (χ3v) is 4.66. The van der Waals surface area contributed by atoms with Crippen molar-refractivity contribution >= 4 is 11.3 Å². The van der Waals surface area contributed by atoms with Crippen molar-refractivity contribution in [2.45, 2.75) is 51.5 Å². The average molecular weight is 277 g/mol. The highest BCUT2D eigenvalue weighted by molar-refractivity contribution is 7.15. The van der Waals surface area contributed by atoms with Gasteiger partial charge in [-0.05, 0) is 44.2 Å². The lowest BCUT2D eigenvalue weighted by Gasteiger charge is -1.96. The first-order chi connectivity index (χ1) is 9.22. The van der Waals surface area contributed by atoms with E-state index in [0.717, 1.165) is 4.88 Å². The molecule has 2 aromatic rings. The molecule has 0 aliphatic heterocycles. The van der Waals surface area contributed by atoms with Gasteiger partial charge in [-0.2, -0.15) is 4.98 Å². The van der Waals surface area contributed by atoms with Crippen LogP contribution in [0.1, 0.15) is 42.5 Å². The SMILES string of the molecule is CC(N)Cc1noc(-c2cc3c(s2)CCCCC3)n1. The van der Waals surface area contributed by atoms with Gasteiger partial charge in [-0.25, -0.2) is 0 Å². The highest BCUT2D eigenvalue weighted by Crippen LogP contribution is 2.34. The molecule has 1 unspecified atom stereocenters. The van der Waals surface area contributed by atoms with Gasteiger partial charge in [-0.3, -0.25) is 0 Å². The van der Waals surface area contributed by atoms with Crippen LogP contribution in [0.25, 0.3) is 10.8 Å². The van der Waals surface area contributed by atoms with E-state index in [4.69, 9.17) is 10.3 Å². The van der Waals surface area contributed by atoms with Gasteiger partial charge in [0.15, 0.2) is 5.82 Å². The van der Waals surface area contributed by atoms with Crippen molar-refractivity contribution < 1.29 is 4.52 Å². The normalized spacial score (nSPS) is 16.9. The van der Waals surface area contributed by atoms with Crippen LogP contribution < -0.4 is 5.73 Å². The van der Waals surface area contributed by atoms with Crippen LogP contribution in [0.3, 0.4) is 0 Å². The molecule has 2 heterocycles. The predicted octanol–water partition coefficient (Wildman–Crippen LogP) is 2.96. The summed E-state index contributed by atoms with van der Waals surface area (Å²) in [7, 11) is 0. The van der Waals surface area contributed by atoms with Gasteiger partial charge in [0.2, 0.25) is 0 Å². The molecule has 2 N–H and O–H groups in total.